The van der Waals surface area contributed by atoms with Gasteiger partial charge in [-0.25, -0.2) is 0 Å². The largest absolute Gasteiger partial charge is 0.462 e. The fourth-order valence-corrected chi connectivity index (χ4v) is 8.14. The number of allylic oxidation sites excluding steroid dienone is 2. The molecule has 0 aromatic rings. The Kier molecular flexibility index (Phi) is 49.3. The van der Waals surface area contributed by atoms with Crippen LogP contribution in [0.1, 0.15) is 303 Å². The van der Waals surface area contributed by atoms with Crippen LogP contribution in [0, 0.1) is 0 Å². The summed E-state index contributed by atoms with van der Waals surface area (Å²) >= 11 is 0. The maximum Gasteiger partial charge on any atom is 0.306 e. The lowest BCUT2D eigenvalue weighted by molar-refractivity contribution is -0.167. The lowest BCUT2D eigenvalue weighted by Crippen LogP contribution is -2.30. The molecule has 0 rings (SSSR count). The Bertz CT molecular complexity index is 947. The van der Waals surface area contributed by atoms with Crippen LogP contribution in [-0.2, 0) is 28.6 Å². The molecule has 1 atom stereocenters. The monoisotopic (exact) mass is 861 g/mol. The molecule has 360 valence electrons. The van der Waals surface area contributed by atoms with Crippen molar-refractivity contribution < 1.29 is 28.6 Å². The van der Waals surface area contributed by atoms with Crippen molar-refractivity contribution in [2.75, 3.05) is 13.2 Å². The molecule has 0 bridgehead atoms. The van der Waals surface area contributed by atoms with Crippen molar-refractivity contribution >= 4 is 17.9 Å². The molecule has 0 spiro atoms. The summed E-state index contributed by atoms with van der Waals surface area (Å²) in [6.07, 6.45) is 56.2. The lowest BCUT2D eigenvalue weighted by Gasteiger charge is -2.18. The number of ether oxygens (including phenoxy) is 3. The van der Waals surface area contributed by atoms with Crippen molar-refractivity contribution in [3.05, 3.63) is 12.2 Å². The van der Waals surface area contributed by atoms with Crippen LogP contribution in [0.4, 0.5) is 0 Å². The molecule has 0 radical (unpaired) electrons. The number of esters is 3. The minimum atomic E-state index is -0.765. The fourth-order valence-electron chi connectivity index (χ4n) is 8.14. The molecule has 0 aliphatic carbocycles. The molecule has 0 N–H and O–H groups in total. The first-order valence-electron chi connectivity index (χ1n) is 27.2. The van der Waals surface area contributed by atoms with Crippen LogP contribution in [-0.4, -0.2) is 37.2 Å². The van der Waals surface area contributed by atoms with E-state index in [-0.39, 0.29) is 31.1 Å². The topological polar surface area (TPSA) is 78.9 Å². The maximum atomic E-state index is 12.8. The Balaban J connectivity index is 4.32. The van der Waals surface area contributed by atoms with Crippen LogP contribution in [0.2, 0.25) is 0 Å². The molecule has 0 saturated carbocycles. The van der Waals surface area contributed by atoms with Crippen LogP contribution < -0.4 is 0 Å². The molecular formula is C55H104O6. The van der Waals surface area contributed by atoms with Gasteiger partial charge in [-0.3, -0.25) is 14.4 Å². The second-order valence-electron chi connectivity index (χ2n) is 18.5. The van der Waals surface area contributed by atoms with E-state index in [0.717, 1.165) is 57.8 Å². The minimum Gasteiger partial charge on any atom is -0.462 e. The van der Waals surface area contributed by atoms with Crippen molar-refractivity contribution in [1.82, 2.24) is 0 Å². The highest BCUT2D eigenvalue weighted by atomic mass is 16.6. The molecule has 0 aromatic heterocycles. The molecule has 0 saturated heterocycles. The number of rotatable bonds is 50. The smallest absolute Gasteiger partial charge is 0.306 e. The average Bonchev–Trinajstić information content (AvgIpc) is 3.26. The van der Waals surface area contributed by atoms with Gasteiger partial charge in [0, 0.05) is 19.3 Å². The first-order valence-corrected chi connectivity index (χ1v) is 27.2. The molecule has 0 fully saturated rings. The van der Waals surface area contributed by atoms with Crippen molar-refractivity contribution in [3.63, 3.8) is 0 Å². The van der Waals surface area contributed by atoms with E-state index >= 15 is 0 Å². The molecule has 61 heavy (non-hydrogen) atoms. The number of carbonyl (C=O) groups excluding carboxylic acids is 3. The van der Waals surface area contributed by atoms with Crippen molar-refractivity contribution in [1.29, 1.82) is 0 Å². The predicted molar refractivity (Wildman–Crippen MR) is 261 cm³/mol. The van der Waals surface area contributed by atoms with Gasteiger partial charge in [-0.05, 0) is 44.9 Å². The third kappa shape index (κ3) is 49.0. The summed E-state index contributed by atoms with van der Waals surface area (Å²) in [6.45, 7) is 6.67. The summed E-state index contributed by atoms with van der Waals surface area (Å²) in [5.74, 6) is -0.850. The van der Waals surface area contributed by atoms with Gasteiger partial charge in [-0.2, -0.15) is 0 Å². The quantitative estimate of drug-likeness (QED) is 0.0262. The van der Waals surface area contributed by atoms with Crippen LogP contribution in [0.5, 0.6) is 0 Å². The molecular weight excluding hydrogens is 757 g/mol. The molecule has 0 aliphatic heterocycles. The average molecular weight is 861 g/mol. The van der Waals surface area contributed by atoms with Gasteiger partial charge < -0.3 is 14.2 Å². The van der Waals surface area contributed by atoms with Gasteiger partial charge in [0.1, 0.15) is 13.2 Å². The molecule has 0 aliphatic rings. The van der Waals surface area contributed by atoms with E-state index in [1.807, 2.05) is 0 Å². The van der Waals surface area contributed by atoms with Crippen molar-refractivity contribution in [2.24, 2.45) is 0 Å². The lowest BCUT2D eigenvalue weighted by atomic mass is 10.0. The van der Waals surface area contributed by atoms with Gasteiger partial charge in [0.05, 0.1) is 0 Å². The molecule has 0 amide bonds. The molecule has 6 heteroatoms. The van der Waals surface area contributed by atoms with Gasteiger partial charge in [-0.15, -0.1) is 0 Å². The summed E-state index contributed by atoms with van der Waals surface area (Å²) in [7, 11) is 0. The van der Waals surface area contributed by atoms with E-state index in [1.165, 1.54) is 205 Å². The summed E-state index contributed by atoms with van der Waals surface area (Å²) in [4.78, 5) is 38.0. The van der Waals surface area contributed by atoms with E-state index in [1.54, 1.807) is 0 Å². The van der Waals surface area contributed by atoms with Crippen LogP contribution in [0.3, 0.4) is 0 Å². The Labute approximate surface area is 380 Å². The minimum absolute atomic E-state index is 0.0656. The second-order valence-corrected chi connectivity index (χ2v) is 18.5. The predicted octanol–water partition coefficient (Wildman–Crippen LogP) is 17.8. The van der Waals surface area contributed by atoms with E-state index < -0.39 is 6.10 Å². The molecule has 0 aromatic carbocycles. The van der Waals surface area contributed by atoms with E-state index in [9.17, 15) is 14.4 Å². The number of carbonyl (C=O) groups is 3. The van der Waals surface area contributed by atoms with Gasteiger partial charge >= 0.3 is 17.9 Å². The van der Waals surface area contributed by atoms with Gasteiger partial charge in [0.25, 0.3) is 0 Å². The zero-order valence-corrected chi connectivity index (χ0v) is 41.2. The van der Waals surface area contributed by atoms with Crippen molar-refractivity contribution in [3.8, 4) is 0 Å². The second kappa shape index (κ2) is 50.8. The van der Waals surface area contributed by atoms with Crippen LogP contribution in [0.25, 0.3) is 0 Å². The van der Waals surface area contributed by atoms with Crippen LogP contribution in [0.15, 0.2) is 12.2 Å². The number of hydrogen-bond acceptors (Lipinski definition) is 6. The fraction of sp³-hybridized carbons (Fsp3) is 0.909. The van der Waals surface area contributed by atoms with E-state index in [4.69, 9.17) is 14.2 Å². The summed E-state index contributed by atoms with van der Waals surface area (Å²) in [6, 6.07) is 0. The normalized spacial score (nSPS) is 12.0. The third-order valence-corrected chi connectivity index (χ3v) is 12.3. The highest BCUT2D eigenvalue weighted by Gasteiger charge is 2.19. The number of unbranched alkanes of at least 4 members (excludes halogenated alkanes) is 37. The van der Waals surface area contributed by atoms with Gasteiger partial charge in [0.15, 0.2) is 6.10 Å². The highest BCUT2D eigenvalue weighted by Crippen LogP contribution is 2.17. The summed E-state index contributed by atoms with van der Waals surface area (Å²) < 4.78 is 16.8. The van der Waals surface area contributed by atoms with E-state index in [2.05, 4.69) is 32.9 Å². The molecule has 0 heterocycles. The number of hydrogen-bond donors (Lipinski definition) is 0. The zero-order chi connectivity index (χ0) is 44.4. The Morgan fingerprint density at radius 2 is 0.541 bits per heavy atom. The first kappa shape index (κ1) is 59.1. The zero-order valence-electron chi connectivity index (χ0n) is 41.2. The Morgan fingerprint density at radius 3 is 0.836 bits per heavy atom. The van der Waals surface area contributed by atoms with E-state index in [0.29, 0.717) is 19.3 Å². The maximum absolute atomic E-state index is 12.8. The van der Waals surface area contributed by atoms with Crippen LogP contribution >= 0.6 is 0 Å². The highest BCUT2D eigenvalue weighted by molar-refractivity contribution is 5.71. The summed E-state index contributed by atoms with van der Waals surface area (Å²) in [5.41, 5.74) is 0. The third-order valence-electron chi connectivity index (χ3n) is 12.3. The summed E-state index contributed by atoms with van der Waals surface area (Å²) in [5, 5.41) is 0. The first-order chi connectivity index (χ1) is 30.0. The van der Waals surface area contributed by atoms with Crippen molar-refractivity contribution in [2.45, 2.75) is 309 Å². The standard InChI is InChI=1S/C55H104O6/c1-4-7-10-13-16-19-22-25-27-30-33-36-39-42-45-48-54(57)60-51-52(50-59-53(56)47-44-41-38-35-32-29-24-21-18-15-12-9-6-3)61-55(58)49-46-43-40-37-34-31-28-26-23-20-17-14-11-8-5-2/h19,22,52H,4-18,20-21,23-51H2,1-3H3/b22-19-/t52-/m0/s1. The molecule has 6 nitrogen and oxygen atoms in total. The Hall–Kier alpha value is -1.85. The van der Waals surface area contributed by atoms with Gasteiger partial charge in [-0.1, -0.05) is 251 Å². The molecule has 0 unspecified atom stereocenters. The SMILES string of the molecule is CCCCCC/C=C\CCCCCCCCCC(=O)OC[C@H](COC(=O)CCCCCCCCCCCCCCC)OC(=O)CCCCCCCCCCCCCCCCC. The Morgan fingerprint density at radius 1 is 0.311 bits per heavy atom. The van der Waals surface area contributed by atoms with Gasteiger partial charge in [0.2, 0.25) is 0 Å².